The molecule has 0 N–H and O–H groups in total. The van der Waals surface area contributed by atoms with Gasteiger partial charge in [0.15, 0.2) is 22.1 Å². The van der Waals surface area contributed by atoms with Crippen LogP contribution in [0.4, 0.5) is 0 Å². The first-order valence-corrected chi connectivity index (χ1v) is 38.8. The molecule has 0 aliphatic rings. The van der Waals surface area contributed by atoms with Gasteiger partial charge < -0.3 is 0 Å². The Kier molecular flexibility index (Phi) is 24.8. The summed E-state index contributed by atoms with van der Waals surface area (Å²) in [4.78, 5) is 46.5. The minimum Gasteiger partial charge on any atom is -0.264 e. The van der Waals surface area contributed by atoms with Crippen LogP contribution in [0.5, 0.6) is 0 Å². The number of hydrogen-bond donors (Lipinski definition) is 0. The number of rotatable bonds is 10. The molecule has 566 valence electrons. The summed E-state index contributed by atoms with van der Waals surface area (Å²) in [6.07, 6.45) is 25.7. The molecule has 0 amide bonds. The van der Waals surface area contributed by atoms with Crippen molar-refractivity contribution >= 4 is 54.9 Å². The standard InChI is InChI=1S/2C21H26N3.C20H24N3.2C17H18N3/c1-13(2)7-17-10-22-11-20-19(17)12-24(6)21(23-20)18-9-14(3)8-15(4)16(18)5;1-13(2)7-17-10-19-20(22-11-17)12-24(6)21(23-19)18-9-14(3)8-15(4)16(18)5;1-12(2)16-9-18-19(21-10-16)11-23(6)20(22-18)17-8-13(3)7-14(4)15(17)5;1-11-7-12(2)13(3)15(8-11)17-19-16-5-6-18-9-14(16)10-20(17)4;1-11-8-12(2)13(3)14(9-11)17-19-15-6-5-7-18-16(15)10-20(17)4/h2*8-13H,7H2,1-6H3;7-12H,1-6H3;2*5-10H,1-4H3/q5*+1. The van der Waals surface area contributed by atoms with E-state index in [4.69, 9.17) is 24.9 Å². The molecule has 0 saturated carbocycles. The van der Waals surface area contributed by atoms with Crippen molar-refractivity contribution in [1.29, 1.82) is 0 Å². The summed E-state index contributed by atoms with van der Waals surface area (Å²) in [5, 5.41) is 2.26. The summed E-state index contributed by atoms with van der Waals surface area (Å²) >= 11 is 0. The van der Waals surface area contributed by atoms with Crippen molar-refractivity contribution in [1.82, 2.24) is 49.8 Å². The predicted molar refractivity (Wildman–Crippen MR) is 453 cm³/mol. The molecule has 0 unspecified atom stereocenters. The minimum absolute atomic E-state index is 0.453. The number of fused-ring (bicyclic) bond motifs is 5. The van der Waals surface area contributed by atoms with Gasteiger partial charge in [0.2, 0.25) is 22.1 Å². The van der Waals surface area contributed by atoms with Gasteiger partial charge in [0.1, 0.15) is 31.0 Å². The second kappa shape index (κ2) is 34.2. The molecule has 10 aromatic heterocycles. The van der Waals surface area contributed by atoms with Crippen LogP contribution in [0.3, 0.4) is 0 Å². The summed E-state index contributed by atoms with van der Waals surface area (Å²) in [5.41, 5.74) is 36.6. The molecule has 15 nitrogen and oxygen atoms in total. The average Bonchev–Trinajstić information content (AvgIpc) is 0.790. The molecule has 5 aromatic carbocycles. The van der Waals surface area contributed by atoms with Gasteiger partial charge in [-0.1, -0.05) is 71.9 Å². The number of hydrogen-bond acceptors (Lipinski definition) is 10. The molecule has 0 radical (unpaired) electrons. The molecule has 0 fully saturated rings. The first-order valence-electron chi connectivity index (χ1n) is 38.8. The number of pyridine rings is 5. The van der Waals surface area contributed by atoms with Gasteiger partial charge in [-0.05, 0) is 314 Å². The SMILES string of the molecule is Cc1cc(C)c(C)c(-c2nc3cc(C(C)C)cnc3c[n+]2C)c1.Cc1cc(C)c(C)c(-c2nc3cc(CC(C)C)cnc3c[n+]2C)c1.Cc1cc(C)c(C)c(-c2nc3cccnc3c[n+]2C)c1.Cc1cc(C)c(C)c(-c2nc3ccncc3c[n+]2C)c1.Cc1cc(C)c(C)c(-c2nc3cncc(CC(C)C)c3c[n+]2C)c1. The largest absolute Gasteiger partial charge is 0.331 e. The molecule has 15 heteroatoms. The summed E-state index contributed by atoms with van der Waals surface area (Å²) in [7, 11) is 10.2. The van der Waals surface area contributed by atoms with E-state index >= 15 is 0 Å². The van der Waals surface area contributed by atoms with Crippen molar-refractivity contribution in [2.45, 2.75) is 164 Å². The lowest BCUT2D eigenvalue weighted by Crippen LogP contribution is -2.32. The van der Waals surface area contributed by atoms with E-state index in [0.29, 0.717) is 17.8 Å². The number of benzene rings is 5. The van der Waals surface area contributed by atoms with Gasteiger partial charge in [-0.2, -0.15) is 0 Å². The van der Waals surface area contributed by atoms with Crippen molar-refractivity contribution in [2.24, 2.45) is 47.1 Å². The third kappa shape index (κ3) is 18.5. The lowest BCUT2D eigenvalue weighted by molar-refractivity contribution is -0.661. The maximum Gasteiger partial charge on any atom is 0.331 e. The third-order valence-corrected chi connectivity index (χ3v) is 21.2. The molecule has 0 aliphatic heterocycles. The zero-order chi connectivity index (χ0) is 80.1. The van der Waals surface area contributed by atoms with Gasteiger partial charge in [0.05, 0.1) is 80.0 Å². The zero-order valence-corrected chi connectivity index (χ0v) is 70.4. The Morgan fingerprint density at radius 2 is 0.685 bits per heavy atom. The van der Waals surface area contributed by atoms with E-state index in [0.717, 1.165) is 91.5 Å². The molecule has 10 heterocycles. The van der Waals surface area contributed by atoms with Crippen LogP contribution in [-0.4, -0.2) is 49.8 Å². The quantitative estimate of drug-likeness (QED) is 0.121. The molecule has 15 aromatic rings. The van der Waals surface area contributed by atoms with Crippen molar-refractivity contribution in [3.8, 4) is 56.9 Å². The molecule has 0 saturated heterocycles. The van der Waals surface area contributed by atoms with E-state index in [2.05, 4.69) is 298 Å². The smallest absolute Gasteiger partial charge is 0.264 e. The van der Waals surface area contributed by atoms with Gasteiger partial charge in [-0.15, -0.1) is 0 Å². The monoisotopic (exact) mass is 1470 g/mol. The Balaban J connectivity index is 0.000000138. The molecule has 111 heavy (non-hydrogen) atoms. The van der Waals surface area contributed by atoms with Crippen LogP contribution in [0.15, 0.2) is 165 Å². The van der Waals surface area contributed by atoms with E-state index in [-0.39, 0.29) is 0 Å². The first-order chi connectivity index (χ1) is 52.7. The fourth-order valence-corrected chi connectivity index (χ4v) is 14.6. The fourth-order valence-electron chi connectivity index (χ4n) is 14.6. The van der Waals surface area contributed by atoms with E-state index in [1.807, 2.05) is 83.6 Å². The van der Waals surface area contributed by atoms with Gasteiger partial charge in [-0.3, -0.25) is 9.97 Å². The fraction of sp³-hybridized carbons (Fsp3) is 0.323. The number of nitrogens with zero attached hydrogens (tertiary/aromatic N) is 15. The van der Waals surface area contributed by atoms with Crippen LogP contribution in [-0.2, 0) is 48.1 Å². The summed E-state index contributed by atoms with van der Waals surface area (Å²) < 4.78 is 10.4. The van der Waals surface area contributed by atoms with E-state index in [1.165, 1.54) is 133 Å². The molecule has 0 atom stereocenters. The van der Waals surface area contributed by atoms with E-state index in [9.17, 15) is 0 Å². The van der Waals surface area contributed by atoms with E-state index in [1.54, 1.807) is 12.4 Å². The lowest BCUT2D eigenvalue weighted by atomic mass is 9.98. The maximum atomic E-state index is 4.96. The Morgan fingerprint density at radius 3 is 1.12 bits per heavy atom. The summed E-state index contributed by atoms with van der Waals surface area (Å²) in [5.74, 6) is 6.63. The van der Waals surface area contributed by atoms with Crippen molar-refractivity contribution < 1.29 is 22.8 Å². The normalized spacial score (nSPS) is 11.3. The lowest BCUT2D eigenvalue weighted by Gasteiger charge is -2.10. The molecule has 0 aliphatic carbocycles. The van der Waals surface area contributed by atoms with Crippen molar-refractivity contribution in [3.63, 3.8) is 0 Å². The Bertz CT molecular complexity index is 5830. The molecular weight excluding hydrogens is 1360 g/mol. The Labute approximate surface area is 657 Å². The minimum atomic E-state index is 0.453. The van der Waals surface area contributed by atoms with Crippen LogP contribution in [0.25, 0.3) is 112 Å². The first kappa shape index (κ1) is 80.6. The third-order valence-electron chi connectivity index (χ3n) is 21.2. The number of aryl methyl sites for hydroxylation is 15. The highest BCUT2D eigenvalue weighted by atomic mass is 15.1. The van der Waals surface area contributed by atoms with Crippen LogP contribution in [0, 0.1) is 116 Å². The summed E-state index contributed by atoms with van der Waals surface area (Å²) in [6, 6.07) is 32.4. The molecule has 0 bridgehead atoms. The van der Waals surface area contributed by atoms with E-state index < -0.39 is 0 Å². The maximum absolute atomic E-state index is 4.96. The average molecular weight is 1480 g/mol. The highest BCUT2D eigenvalue weighted by Crippen LogP contribution is 2.32. The number of aromatic nitrogens is 15. The van der Waals surface area contributed by atoms with Gasteiger partial charge in [-0.25, -0.2) is 37.8 Å². The van der Waals surface area contributed by atoms with Crippen LogP contribution in [0.1, 0.15) is 148 Å². The zero-order valence-electron chi connectivity index (χ0n) is 70.4. The molecular formula is C96H112N15+5. The highest BCUT2D eigenvalue weighted by Gasteiger charge is 2.26. The van der Waals surface area contributed by atoms with Crippen LogP contribution < -0.4 is 22.8 Å². The molecule has 0 spiro atoms. The second-order valence-corrected chi connectivity index (χ2v) is 32.0. The predicted octanol–water partition coefficient (Wildman–Crippen LogP) is 18.8. The highest BCUT2D eigenvalue weighted by molar-refractivity contribution is 5.82. The Morgan fingerprint density at radius 1 is 0.306 bits per heavy atom. The molecule has 15 rings (SSSR count). The van der Waals surface area contributed by atoms with Gasteiger partial charge >= 0.3 is 29.1 Å². The van der Waals surface area contributed by atoms with Crippen molar-refractivity contribution in [3.05, 3.63) is 265 Å². The van der Waals surface area contributed by atoms with Gasteiger partial charge in [0.25, 0.3) is 0 Å². The second-order valence-electron chi connectivity index (χ2n) is 32.0. The van der Waals surface area contributed by atoms with Crippen LogP contribution in [0.2, 0.25) is 0 Å². The summed E-state index contributed by atoms with van der Waals surface area (Å²) in [6.45, 7) is 45.5. The Hall–Kier alpha value is -11.5. The van der Waals surface area contributed by atoms with Crippen molar-refractivity contribution in [2.75, 3.05) is 0 Å². The van der Waals surface area contributed by atoms with Gasteiger partial charge in [0, 0.05) is 43.2 Å². The topological polar surface area (TPSA) is 148 Å². The van der Waals surface area contributed by atoms with Crippen LogP contribution >= 0.6 is 0 Å².